The molecule has 21 heavy (non-hydrogen) atoms. The van der Waals surface area contributed by atoms with Crippen LogP contribution in [-0.4, -0.2) is 24.2 Å². The number of rotatable bonds is 2. The summed E-state index contributed by atoms with van der Waals surface area (Å²) in [5.41, 5.74) is 3.17. The molecule has 0 atom stereocenters. The van der Waals surface area contributed by atoms with E-state index in [0.717, 1.165) is 22.6 Å². The third-order valence-corrected chi connectivity index (χ3v) is 3.74. The van der Waals surface area contributed by atoms with Crippen molar-refractivity contribution < 1.29 is 14.6 Å². The number of hydrogen-bond acceptors (Lipinski definition) is 3. The topological polar surface area (TPSA) is 49.8 Å². The predicted molar refractivity (Wildman–Crippen MR) is 81.1 cm³/mol. The number of aryl methyl sites for hydroxylation is 1. The van der Waals surface area contributed by atoms with E-state index in [1.54, 1.807) is 12.1 Å². The summed E-state index contributed by atoms with van der Waals surface area (Å²) in [4.78, 5) is 13.6. The molecule has 0 saturated heterocycles. The van der Waals surface area contributed by atoms with Gasteiger partial charge in [0, 0.05) is 12.1 Å². The Morgan fingerprint density at radius 1 is 1.19 bits per heavy atom. The van der Waals surface area contributed by atoms with E-state index in [4.69, 9.17) is 4.74 Å². The number of carboxylic acid groups (broad SMARTS) is 1. The average Bonchev–Trinajstić information content (AvgIpc) is 2.68. The number of para-hydroxylation sites is 2. The Balaban J connectivity index is 2.04. The molecule has 1 heterocycles. The van der Waals surface area contributed by atoms with Crippen molar-refractivity contribution in [1.82, 2.24) is 0 Å². The molecule has 0 unspecified atom stereocenters. The van der Waals surface area contributed by atoms with E-state index < -0.39 is 5.97 Å². The van der Waals surface area contributed by atoms with Crippen LogP contribution in [0.1, 0.15) is 21.5 Å². The van der Waals surface area contributed by atoms with Crippen molar-refractivity contribution in [2.45, 2.75) is 13.5 Å². The molecule has 0 fully saturated rings. The minimum absolute atomic E-state index is 0.342. The van der Waals surface area contributed by atoms with E-state index in [0.29, 0.717) is 25.3 Å². The predicted octanol–water partition coefficient (Wildman–Crippen LogP) is 3.09. The molecule has 0 amide bonds. The summed E-state index contributed by atoms with van der Waals surface area (Å²) >= 11 is 0. The van der Waals surface area contributed by atoms with Gasteiger partial charge in [-0.05, 0) is 24.6 Å². The lowest BCUT2D eigenvalue weighted by Gasteiger charge is -2.25. The number of carboxylic acids is 1. The molecule has 0 saturated carbocycles. The highest BCUT2D eigenvalue weighted by molar-refractivity contribution is 5.95. The van der Waals surface area contributed by atoms with Crippen LogP contribution in [0.15, 0.2) is 42.5 Å². The monoisotopic (exact) mass is 283 g/mol. The molecule has 0 aromatic heterocycles. The lowest BCUT2D eigenvalue weighted by Crippen LogP contribution is -2.27. The quantitative estimate of drug-likeness (QED) is 0.920. The van der Waals surface area contributed by atoms with Gasteiger partial charge in [-0.1, -0.05) is 30.3 Å². The standard InChI is InChI=1S/C17H17NO3/c1-12-5-4-7-14(17(19)20)16(12)18-9-10-21-15-8-3-2-6-13(15)11-18/h2-8H,9-11H2,1H3,(H,19,20). The minimum atomic E-state index is -0.896. The fourth-order valence-electron chi connectivity index (χ4n) is 2.77. The van der Waals surface area contributed by atoms with Gasteiger partial charge < -0.3 is 14.7 Å². The van der Waals surface area contributed by atoms with Crippen LogP contribution in [0.3, 0.4) is 0 Å². The highest BCUT2D eigenvalue weighted by atomic mass is 16.5. The summed E-state index contributed by atoms with van der Waals surface area (Å²) in [5, 5.41) is 9.43. The third-order valence-electron chi connectivity index (χ3n) is 3.74. The fraction of sp³-hybridized carbons (Fsp3) is 0.235. The molecule has 2 aromatic carbocycles. The number of benzene rings is 2. The molecule has 3 rings (SSSR count). The van der Waals surface area contributed by atoms with Gasteiger partial charge in [0.25, 0.3) is 0 Å². The van der Waals surface area contributed by atoms with E-state index in [2.05, 4.69) is 4.90 Å². The van der Waals surface area contributed by atoms with Crippen LogP contribution in [0.25, 0.3) is 0 Å². The van der Waals surface area contributed by atoms with E-state index in [9.17, 15) is 9.90 Å². The highest BCUT2D eigenvalue weighted by Gasteiger charge is 2.21. The van der Waals surface area contributed by atoms with Crippen molar-refractivity contribution in [1.29, 1.82) is 0 Å². The van der Waals surface area contributed by atoms with Crippen molar-refractivity contribution >= 4 is 11.7 Å². The number of fused-ring (bicyclic) bond motifs is 1. The van der Waals surface area contributed by atoms with Crippen molar-refractivity contribution in [3.05, 3.63) is 59.2 Å². The molecule has 0 radical (unpaired) electrons. The first-order valence-corrected chi connectivity index (χ1v) is 6.95. The van der Waals surface area contributed by atoms with Crippen LogP contribution >= 0.6 is 0 Å². The molecule has 2 aromatic rings. The van der Waals surface area contributed by atoms with Crippen molar-refractivity contribution in [3.63, 3.8) is 0 Å². The zero-order valence-electron chi connectivity index (χ0n) is 11.9. The van der Waals surface area contributed by atoms with Crippen molar-refractivity contribution in [2.24, 2.45) is 0 Å². The Kier molecular flexibility index (Phi) is 3.52. The summed E-state index contributed by atoms with van der Waals surface area (Å²) < 4.78 is 5.75. The van der Waals surface area contributed by atoms with Crippen molar-refractivity contribution in [3.8, 4) is 5.75 Å². The number of anilines is 1. The van der Waals surface area contributed by atoms with Crippen LogP contribution in [0.2, 0.25) is 0 Å². The van der Waals surface area contributed by atoms with Gasteiger partial charge in [-0.2, -0.15) is 0 Å². The van der Waals surface area contributed by atoms with Gasteiger partial charge in [0.1, 0.15) is 12.4 Å². The SMILES string of the molecule is Cc1cccc(C(=O)O)c1N1CCOc2ccccc2C1. The maximum Gasteiger partial charge on any atom is 0.337 e. The maximum atomic E-state index is 11.5. The number of hydrogen-bond donors (Lipinski definition) is 1. The van der Waals surface area contributed by atoms with E-state index in [1.165, 1.54) is 0 Å². The second-order valence-electron chi connectivity index (χ2n) is 5.15. The Hall–Kier alpha value is -2.49. The first-order valence-electron chi connectivity index (χ1n) is 6.95. The molecule has 1 aliphatic heterocycles. The Bertz CT molecular complexity index is 681. The normalized spacial score (nSPS) is 14.0. The number of nitrogens with zero attached hydrogens (tertiary/aromatic N) is 1. The molecule has 0 spiro atoms. The molecular formula is C17H17NO3. The summed E-state index contributed by atoms with van der Waals surface area (Å²) in [7, 11) is 0. The summed E-state index contributed by atoms with van der Waals surface area (Å²) in [5.74, 6) is -0.0161. The van der Waals surface area contributed by atoms with Crippen LogP contribution in [0.5, 0.6) is 5.75 Å². The molecule has 108 valence electrons. The first-order chi connectivity index (χ1) is 10.2. The number of carbonyl (C=O) groups is 1. The lowest BCUT2D eigenvalue weighted by atomic mass is 10.1. The Labute approximate surface area is 123 Å². The molecule has 1 N–H and O–H groups in total. The zero-order valence-corrected chi connectivity index (χ0v) is 11.9. The van der Waals surface area contributed by atoms with Gasteiger partial charge in [0.2, 0.25) is 0 Å². The van der Waals surface area contributed by atoms with Gasteiger partial charge >= 0.3 is 5.97 Å². The highest BCUT2D eigenvalue weighted by Crippen LogP contribution is 2.30. The first kappa shape index (κ1) is 13.5. The van der Waals surface area contributed by atoms with Crippen LogP contribution in [0, 0.1) is 6.92 Å². The molecule has 0 bridgehead atoms. The number of aromatic carboxylic acids is 1. The Morgan fingerprint density at radius 3 is 2.81 bits per heavy atom. The molecule has 4 heteroatoms. The average molecular weight is 283 g/mol. The zero-order chi connectivity index (χ0) is 14.8. The Morgan fingerprint density at radius 2 is 2.00 bits per heavy atom. The largest absolute Gasteiger partial charge is 0.491 e. The molecule has 1 aliphatic rings. The smallest absolute Gasteiger partial charge is 0.337 e. The van der Waals surface area contributed by atoms with Crippen molar-refractivity contribution in [2.75, 3.05) is 18.1 Å². The summed E-state index contributed by atoms with van der Waals surface area (Å²) in [6.07, 6.45) is 0. The van der Waals surface area contributed by atoms with Gasteiger partial charge in [-0.15, -0.1) is 0 Å². The molecule has 4 nitrogen and oxygen atoms in total. The van der Waals surface area contributed by atoms with E-state index in [-0.39, 0.29) is 0 Å². The second-order valence-corrected chi connectivity index (χ2v) is 5.15. The van der Waals surface area contributed by atoms with E-state index in [1.807, 2.05) is 37.3 Å². The van der Waals surface area contributed by atoms with Gasteiger partial charge in [-0.3, -0.25) is 0 Å². The lowest BCUT2D eigenvalue weighted by molar-refractivity contribution is 0.0697. The van der Waals surface area contributed by atoms with Crippen LogP contribution in [-0.2, 0) is 6.54 Å². The summed E-state index contributed by atoms with van der Waals surface area (Å²) in [6.45, 7) is 3.81. The van der Waals surface area contributed by atoms with Crippen LogP contribution < -0.4 is 9.64 Å². The summed E-state index contributed by atoms with van der Waals surface area (Å²) in [6, 6.07) is 13.3. The maximum absolute atomic E-state index is 11.5. The minimum Gasteiger partial charge on any atom is -0.491 e. The van der Waals surface area contributed by atoms with Crippen LogP contribution in [0.4, 0.5) is 5.69 Å². The second kappa shape index (κ2) is 5.48. The molecule has 0 aliphatic carbocycles. The third kappa shape index (κ3) is 2.57. The van der Waals surface area contributed by atoms with Gasteiger partial charge in [0.15, 0.2) is 0 Å². The van der Waals surface area contributed by atoms with Gasteiger partial charge in [0.05, 0.1) is 17.8 Å². The van der Waals surface area contributed by atoms with Gasteiger partial charge in [-0.25, -0.2) is 4.79 Å². The molecular weight excluding hydrogens is 266 g/mol. The number of ether oxygens (including phenoxy) is 1. The van der Waals surface area contributed by atoms with E-state index >= 15 is 0 Å². The fourth-order valence-corrected chi connectivity index (χ4v) is 2.77.